The lowest BCUT2D eigenvalue weighted by atomic mass is 10.2. The highest BCUT2D eigenvalue weighted by Gasteiger charge is 2.25. The fourth-order valence-corrected chi connectivity index (χ4v) is 3.29. The normalized spacial score (nSPS) is 17.0. The summed E-state index contributed by atoms with van der Waals surface area (Å²) in [7, 11) is 0. The molecule has 1 amide bonds. The Balaban J connectivity index is 1.36. The van der Waals surface area contributed by atoms with Crippen LogP contribution in [-0.4, -0.2) is 66.7 Å². The van der Waals surface area contributed by atoms with Crippen LogP contribution in [0.4, 0.5) is 11.5 Å². The third-order valence-corrected chi connectivity index (χ3v) is 4.66. The van der Waals surface area contributed by atoms with Crippen LogP contribution in [0.25, 0.3) is 0 Å². The van der Waals surface area contributed by atoms with Crippen LogP contribution in [0.5, 0.6) is 5.75 Å². The van der Waals surface area contributed by atoms with Gasteiger partial charge in [0.25, 0.3) is 0 Å². The predicted molar refractivity (Wildman–Crippen MR) is 95.0 cm³/mol. The molecule has 0 unspecified atom stereocenters. The molecule has 0 bridgehead atoms. The summed E-state index contributed by atoms with van der Waals surface area (Å²) in [6.07, 6.45) is 5.13. The number of ether oxygens (including phenoxy) is 1. The number of benzene rings is 1. The molecule has 0 aliphatic carbocycles. The lowest BCUT2D eigenvalue weighted by Crippen LogP contribution is -2.52. The standard InChI is InChI=1S/C18H21N5O2/c24-18(14-23-11-12-25-16-4-2-1-3-15(16)23)22-9-7-21(8-10-22)17-13-19-5-6-20-17/h1-6,13H,7-12,14H2. The van der Waals surface area contributed by atoms with Crippen molar-refractivity contribution in [3.63, 3.8) is 0 Å². The van der Waals surface area contributed by atoms with Gasteiger partial charge < -0.3 is 19.4 Å². The number of aromatic nitrogens is 2. The molecule has 130 valence electrons. The molecular weight excluding hydrogens is 318 g/mol. The van der Waals surface area contributed by atoms with Crippen molar-refractivity contribution in [3.8, 4) is 5.75 Å². The summed E-state index contributed by atoms with van der Waals surface area (Å²) in [6.45, 7) is 4.73. The van der Waals surface area contributed by atoms with Crippen molar-refractivity contribution in [1.29, 1.82) is 0 Å². The maximum absolute atomic E-state index is 12.7. The fourth-order valence-electron chi connectivity index (χ4n) is 3.29. The zero-order valence-electron chi connectivity index (χ0n) is 14.0. The second-order valence-corrected chi connectivity index (χ2v) is 6.17. The minimum Gasteiger partial charge on any atom is -0.490 e. The highest BCUT2D eigenvalue weighted by atomic mass is 16.5. The van der Waals surface area contributed by atoms with Crippen LogP contribution in [0, 0.1) is 0 Å². The van der Waals surface area contributed by atoms with Gasteiger partial charge in [-0.3, -0.25) is 9.78 Å². The summed E-state index contributed by atoms with van der Waals surface area (Å²) in [4.78, 5) is 27.4. The fraction of sp³-hybridized carbons (Fsp3) is 0.389. The minimum absolute atomic E-state index is 0.162. The molecule has 0 saturated carbocycles. The van der Waals surface area contributed by atoms with Gasteiger partial charge in [-0.05, 0) is 12.1 Å². The number of amides is 1. The number of para-hydroxylation sites is 2. The Kier molecular flexibility index (Phi) is 4.37. The lowest BCUT2D eigenvalue weighted by molar-refractivity contribution is -0.130. The van der Waals surface area contributed by atoms with Crippen LogP contribution in [0.15, 0.2) is 42.9 Å². The number of fused-ring (bicyclic) bond motifs is 1. The van der Waals surface area contributed by atoms with Crippen molar-refractivity contribution in [2.24, 2.45) is 0 Å². The molecule has 2 aromatic rings. The van der Waals surface area contributed by atoms with Crippen LogP contribution in [-0.2, 0) is 4.79 Å². The molecule has 7 nitrogen and oxygen atoms in total. The maximum Gasteiger partial charge on any atom is 0.242 e. The van der Waals surface area contributed by atoms with E-state index in [9.17, 15) is 4.79 Å². The van der Waals surface area contributed by atoms with Gasteiger partial charge in [0.1, 0.15) is 18.2 Å². The topological polar surface area (TPSA) is 61.8 Å². The van der Waals surface area contributed by atoms with E-state index in [1.807, 2.05) is 29.2 Å². The first-order chi connectivity index (χ1) is 12.3. The van der Waals surface area contributed by atoms with Crippen LogP contribution < -0.4 is 14.5 Å². The quantitative estimate of drug-likeness (QED) is 0.832. The smallest absolute Gasteiger partial charge is 0.242 e. The Bertz CT molecular complexity index is 731. The number of nitrogens with zero attached hydrogens (tertiary/aromatic N) is 5. The van der Waals surface area contributed by atoms with Gasteiger partial charge in [0.15, 0.2) is 0 Å². The van der Waals surface area contributed by atoms with Crippen molar-refractivity contribution in [3.05, 3.63) is 42.9 Å². The van der Waals surface area contributed by atoms with Gasteiger partial charge in [-0.1, -0.05) is 12.1 Å². The van der Waals surface area contributed by atoms with Crippen molar-refractivity contribution >= 4 is 17.4 Å². The first-order valence-electron chi connectivity index (χ1n) is 8.57. The summed E-state index contributed by atoms with van der Waals surface area (Å²) in [5, 5.41) is 0. The molecule has 1 saturated heterocycles. The van der Waals surface area contributed by atoms with Crippen molar-refractivity contribution in [2.75, 3.05) is 55.7 Å². The number of hydrogen-bond acceptors (Lipinski definition) is 6. The molecule has 2 aliphatic heterocycles. The van der Waals surface area contributed by atoms with Crippen molar-refractivity contribution in [2.45, 2.75) is 0 Å². The molecular formula is C18H21N5O2. The van der Waals surface area contributed by atoms with Crippen LogP contribution in [0.1, 0.15) is 0 Å². The third-order valence-electron chi connectivity index (χ3n) is 4.66. The van der Waals surface area contributed by atoms with Gasteiger partial charge in [-0.25, -0.2) is 4.98 Å². The van der Waals surface area contributed by atoms with E-state index in [1.165, 1.54) is 0 Å². The molecule has 3 heterocycles. The number of piperazine rings is 1. The van der Waals surface area contributed by atoms with E-state index in [0.717, 1.165) is 36.9 Å². The lowest BCUT2D eigenvalue weighted by Gasteiger charge is -2.37. The molecule has 0 spiro atoms. The van der Waals surface area contributed by atoms with Gasteiger partial charge in [-0.2, -0.15) is 0 Å². The molecule has 1 fully saturated rings. The van der Waals surface area contributed by atoms with E-state index in [1.54, 1.807) is 18.6 Å². The highest BCUT2D eigenvalue weighted by Crippen LogP contribution is 2.30. The molecule has 0 atom stereocenters. The van der Waals surface area contributed by atoms with Crippen LogP contribution >= 0.6 is 0 Å². The van der Waals surface area contributed by atoms with E-state index in [2.05, 4.69) is 19.8 Å². The highest BCUT2D eigenvalue weighted by molar-refractivity contribution is 5.82. The average molecular weight is 339 g/mol. The number of hydrogen-bond donors (Lipinski definition) is 0. The average Bonchev–Trinajstić information content (AvgIpc) is 2.69. The Morgan fingerprint density at radius 1 is 1.08 bits per heavy atom. The number of carbonyl (C=O) groups is 1. The monoisotopic (exact) mass is 339 g/mol. The molecule has 2 aliphatic rings. The van der Waals surface area contributed by atoms with Gasteiger partial charge >= 0.3 is 0 Å². The van der Waals surface area contributed by atoms with E-state index in [4.69, 9.17) is 4.74 Å². The molecule has 0 radical (unpaired) electrons. The second-order valence-electron chi connectivity index (χ2n) is 6.17. The van der Waals surface area contributed by atoms with Gasteiger partial charge in [0, 0.05) is 38.6 Å². The first kappa shape index (κ1) is 15.7. The zero-order valence-corrected chi connectivity index (χ0v) is 14.0. The minimum atomic E-state index is 0.162. The molecule has 7 heteroatoms. The van der Waals surface area contributed by atoms with Crippen LogP contribution in [0.2, 0.25) is 0 Å². The van der Waals surface area contributed by atoms with Gasteiger partial charge in [0.2, 0.25) is 5.91 Å². The number of carbonyl (C=O) groups excluding carboxylic acids is 1. The molecule has 25 heavy (non-hydrogen) atoms. The molecule has 1 aromatic carbocycles. The van der Waals surface area contributed by atoms with Crippen molar-refractivity contribution in [1.82, 2.24) is 14.9 Å². The second kappa shape index (κ2) is 6.96. The summed E-state index contributed by atoms with van der Waals surface area (Å²) in [6, 6.07) is 7.89. The van der Waals surface area contributed by atoms with Crippen molar-refractivity contribution < 1.29 is 9.53 Å². The van der Waals surface area contributed by atoms with E-state index < -0.39 is 0 Å². The van der Waals surface area contributed by atoms with Gasteiger partial charge in [0.05, 0.1) is 25.0 Å². The number of rotatable bonds is 3. The third kappa shape index (κ3) is 3.35. The van der Waals surface area contributed by atoms with E-state index in [0.29, 0.717) is 26.2 Å². The molecule has 0 N–H and O–H groups in total. The Hall–Kier alpha value is -2.83. The summed E-state index contributed by atoms with van der Waals surface area (Å²) >= 11 is 0. The Labute approximate surface area is 146 Å². The zero-order chi connectivity index (χ0) is 17.1. The summed E-state index contributed by atoms with van der Waals surface area (Å²) in [5.74, 6) is 1.89. The summed E-state index contributed by atoms with van der Waals surface area (Å²) in [5.41, 5.74) is 1.00. The largest absolute Gasteiger partial charge is 0.490 e. The number of anilines is 2. The molecule has 1 aromatic heterocycles. The SMILES string of the molecule is O=C(CN1CCOc2ccccc21)N1CCN(c2cnccn2)CC1. The summed E-state index contributed by atoms with van der Waals surface area (Å²) < 4.78 is 5.66. The Morgan fingerprint density at radius 2 is 1.92 bits per heavy atom. The van der Waals surface area contributed by atoms with E-state index >= 15 is 0 Å². The Morgan fingerprint density at radius 3 is 2.72 bits per heavy atom. The van der Waals surface area contributed by atoms with Gasteiger partial charge in [-0.15, -0.1) is 0 Å². The van der Waals surface area contributed by atoms with Crippen LogP contribution in [0.3, 0.4) is 0 Å². The predicted octanol–water partition coefficient (Wildman–Crippen LogP) is 1.02. The maximum atomic E-state index is 12.7. The van der Waals surface area contributed by atoms with E-state index in [-0.39, 0.29) is 5.91 Å². The first-order valence-corrected chi connectivity index (χ1v) is 8.57. The molecule has 4 rings (SSSR count).